The van der Waals surface area contributed by atoms with E-state index in [4.69, 9.17) is 21.5 Å². The number of hydrogen-bond donors (Lipinski definition) is 1. The third-order valence-electron chi connectivity index (χ3n) is 1.97. The summed E-state index contributed by atoms with van der Waals surface area (Å²) in [4.78, 5) is 0. The highest BCUT2D eigenvalue weighted by atomic mass is 79.9. The zero-order valence-electron chi connectivity index (χ0n) is 9.03. The predicted octanol–water partition coefficient (Wildman–Crippen LogP) is 2.55. The molecule has 1 aromatic rings. The van der Waals surface area contributed by atoms with Crippen molar-refractivity contribution in [3.8, 4) is 5.75 Å². The molecule has 0 heterocycles. The number of nitrogens with two attached hydrogens (primary N) is 1. The van der Waals surface area contributed by atoms with Crippen molar-refractivity contribution in [1.82, 2.24) is 0 Å². The standard InChI is InChI=1S/C10H13BrClNO3S/c11-8-3-4-9(12)10(7-8)16-5-1-2-6-17(13,14)15/h3-4,7H,1-2,5-6H2,(H2,13,14,15). The summed E-state index contributed by atoms with van der Waals surface area (Å²) in [5, 5.41) is 5.40. The average Bonchev–Trinajstić information content (AvgIpc) is 2.21. The summed E-state index contributed by atoms with van der Waals surface area (Å²) in [5.74, 6) is 0.555. The predicted molar refractivity (Wildman–Crippen MR) is 71.9 cm³/mol. The van der Waals surface area contributed by atoms with E-state index < -0.39 is 10.0 Å². The lowest BCUT2D eigenvalue weighted by Gasteiger charge is -2.08. The van der Waals surface area contributed by atoms with Gasteiger partial charge < -0.3 is 4.74 Å². The first-order valence-corrected chi connectivity index (χ1v) is 7.85. The second-order valence-corrected chi connectivity index (χ2v) is 6.55. The highest BCUT2D eigenvalue weighted by Crippen LogP contribution is 2.27. The molecule has 0 aromatic heterocycles. The van der Waals surface area contributed by atoms with Crippen molar-refractivity contribution in [2.75, 3.05) is 12.4 Å². The number of halogens is 2. The van der Waals surface area contributed by atoms with Crippen molar-refractivity contribution in [3.05, 3.63) is 27.7 Å². The Balaban J connectivity index is 2.34. The molecule has 0 unspecified atom stereocenters. The number of sulfonamides is 1. The van der Waals surface area contributed by atoms with Gasteiger partial charge in [-0.25, -0.2) is 13.6 Å². The smallest absolute Gasteiger partial charge is 0.209 e. The van der Waals surface area contributed by atoms with E-state index in [1.165, 1.54) is 0 Å². The Morgan fingerprint density at radius 2 is 2.06 bits per heavy atom. The molecule has 7 heteroatoms. The van der Waals surface area contributed by atoms with E-state index >= 15 is 0 Å². The van der Waals surface area contributed by atoms with Gasteiger partial charge in [0.25, 0.3) is 0 Å². The van der Waals surface area contributed by atoms with Crippen LogP contribution >= 0.6 is 27.5 Å². The normalized spacial score (nSPS) is 11.5. The van der Waals surface area contributed by atoms with E-state index in [9.17, 15) is 8.42 Å². The maximum atomic E-state index is 10.7. The summed E-state index contributed by atoms with van der Waals surface area (Å²) in [7, 11) is -3.37. The molecule has 96 valence electrons. The summed E-state index contributed by atoms with van der Waals surface area (Å²) in [6, 6.07) is 5.31. The van der Waals surface area contributed by atoms with Crippen LogP contribution < -0.4 is 9.88 Å². The fourth-order valence-electron chi connectivity index (χ4n) is 1.18. The molecule has 0 saturated carbocycles. The number of ether oxygens (including phenoxy) is 1. The van der Waals surface area contributed by atoms with Gasteiger partial charge in [-0.3, -0.25) is 0 Å². The lowest BCUT2D eigenvalue weighted by Crippen LogP contribution is -2.16. The van der Waals surface area contributed by atoms with Crippen LogP contribution in [-0.4, -0.2) is 20.8 Å². The molecular formula is C10H13BrClNO3S. The molecular weight excluding hydrogens is 330 g/mol. The zero-order chi connectivity index (χ0) is 12.9. The quantitative estimate of drug-likeness (QED) is 0.808. The lowest BCUT2D eigenvalue weighted by atomic mass is 10.3. The summed E-state index contributed by atoms with van der Waals surface area (Å²) < 4.78 is 27.7. The maximum Gasteiger partial charge on any atom is 0.209 e. The Hall–Kier alpha value is -0.300. The number of primary sulfonamides is 1. The monoisotopic (exact) mass is 341 g/mol. The van der Waals surface area contributed by atoms with Crippen LogP contribution in [-0.2, 0) is 10.0 Å². The van der Waals surface area contributed by atoms with Crippen LogP contribution in [0.2, 0.25) is 5.02 Å². The van der Waals surface area contributed by atoms with Crippen LogP contribution in [0.15, 0.2) is 22.7 Å². The van der Waals surface area contributed by atoms with Gasteiger partial charge in [-0.1, -0.05) is 27.5 Å². The van der Waals surface area contributed by atoms with E-state index in [0.29, 0.717) is 30.2 Å². The molecule has 4 nitrogen and oxygen atoms in total. The topological polar surface area (TPSA) is 69.4 Å². The first-order chi connectivity index (χ1) is 7.88. The highest BCUT2D eigenvalue weighted by Gasteiger charge is 2.04. The average molecular weight is 343 g/mol. The van der Waals surface area contributed by atoms with Crippen molar-refractivity contribution in [3.63, 3.8) is 0 Å². The van der Waals surface area contributed by atoms with E-state index in [1.54, 1.807) is 12.1 Å². The molecule has 0 saturated heterocycles. The zero-order valence-corrected chi connectivity index (χ0v) is 12.2. The molecule has 17 heavy (non-hydrogen) atoms. The Labute approximate surface area is 114 Å². The second kappa shape index (κ2) is 6.58. The molecule has 0 spiro atoms. The number of unbranched alkanes of at least 4 members (excludes halogenated alkanes) is 1. The van der Waals surface area contributed by atoms with Gasteiger partial charge in [0.2, 0.25) is 10.0 Å². The van der Waals surface area contributed by atoms with Gasteiger partial charge in [-0.05, 0) is 31.0 Å². The van der Waals surface area contributed by atoms with E-state index in [1.807, 2.05) is 6.07 Å². The van der Waals surface area contributed by atoms with Gasteiger partial charge in [0, 0.05) is 4.47 Å². The lowest BCUT2D eigenvalue weighted by molar-refractivity contribution is 0.309. The first kappa shape index (κ1) is 14.8. The SMILES string of the molecule is NS(=O)(=O)CCCCOc1cc(Br)ccc1Cl. The Bertz CT molecular complexity index is 478. The van der Waals surface area contributed by atoms with Gasteiger partial charge >= 0.3 is 0 Å². The maximum absolute atomic E-state index is 10.7. The third kappa shape index (κ3) is 6.26. The minimum atomic E-state index is -3.37. The molecule has 2 N–H and O–H groups in total. The second-order valence-electron chi connectivity index (χ2n) is 3.50. The van der Waals surface area contributed by atoms with E-state index in [0.717, 1.165) is 4.47 Å². The molecule has 0 aliphatic rings. The summed E-state index contributed by atoms with van der Waals surface area (Å²) in [5.41, 5.74) is 0. The molecule has 0 fully saturated rings. The Morgan fingerprint density at radius 1 is 1.35 bits per heavy atom. The number of benzene rings is 1. The van der Waals surface area contributed by atoms with Gasteiger partial charge in [0.15, 0.2) is 0 Å². The summed E-state index contributed by atoms with van der Waals surface area (Å²) >= 11 is 9.23. The molecule has 0 aliphatic carbocycles. The van der Waals surface area contributed by atoms with Gasteiger partial charge in [0.1, 0.15) is 5.75 Å². The van der Waals surface area contributed by atoms with Crippen LogP contribution in [0.25, 0.3) is 0 Å². The van der Waals surface area contributed by atoms with Crippen molar-refractivity contribution >= 4 is 37.6 Å². The van der Waals surface area contributed by atoms with Gasteiger partial charge in [-0.15, -0.1) is 0 Å². The van der Waals surface area contributed by atoms with Crippen LogP contribution in [0.5, 0.6) is 5.75 Å². The van der Waals surface area contributed by atoms with Crippen LogP contribution in [0.3, 0.4) is 0 Å². The molecule has 1 aromatic carbocycles. The van der Waals surface area contributed by atoms with Crippen LogP contribution in [0.4, 0.5) is 0 Å². The molecule has 0 amide bonds. The summed E-state index contributed by atoms with van der Waals surface area (Å²) in [6.45, 7) is 0.408. The summed E-state index contributed by atoms with van der Waals surface area (Å²) in [6.07, 6.45) is 1.09. The minimum absolute atomic E-state index is 0.0252. The van der Waals surface area contributed by atoms with Crippen molar-refractivity contribution in [1.29, 1.82) is 0 Å². The number of rotatable bonds is 6. The number of hydrogen-bond acceptors (Lipinski definition) is 3. The third-order valence-corrected chi connectivity index (χ3v) is 3.64. The highest BCUT2D eigenvalue weighted by molar-refractivity contribution is 9.10. The van der Waals surface area contributed by atoms with Gasteiger partial charge in [-0.2, -0.15) is 0 Å². The largest absolute Gasteiger partial charge is 0.492 e. The first-order valence-electron chi connectivity index (χ1n) is 4.97. The van der Waals surface area contributed by atoms with E-state index in [-0.39, 0.29) is 5.75 Å². The van der Waals surface area contributed by atoms with Crippen LogP contribution in [0.1, 0.15) is 12.8 Å². The van der Waals surface area contributed by atoms with Crippen molar-refractivity contribution in [2.24, 2.45) is 5.14 Å². The fraction of sp³-hybridized carbons (Fsp3) is 0.400. The van der Waals surface area contributed by atoms with Crippen molar-refractivity contribution < 1.29 is 13.2 Å². The molecule has 0 atom stereocenters. The van der Waals surface area contributed by atoms with Crippen LogP contribution in [0, 0.1) is 0 Å². The minimum Gasteiger partial charge on any atom is -0.492 e. The Kier molecular flexibility index (Phi) is 5.72. The van der Waals surface area contributed by atoms with Crippen molar-refractivity contribution in [2.45, 2.75) is 12.8 Å². The molecule has 1 rings (SSSR count). The van der Waals surface area contributed by atoms with E-state index in [2.05, 4.69) is 15.9 Å². The molecule has 0 aliphatic heterocycles. The Morgan fingerprint density at radius 3 is 2.71 bits per heavy atom. The molecule has 0 radical (unpaired) electrons. The van der Waals surface area contributed by atoms with Gasteiger partial charge in [0.05, 0.1) is 17.4 Å². The fourth-order valence-corrected chi connectivity index (χ4v) is 2.29. The molecule has 0 bridgehead atoms.